The summed E-state index contributed by atoms with van der Waals surface area (Å²) in [6.07, 6.45) is 7.00. The van der Waals surface area contributed by atoms with Crippen molar-refractivity contribution in [3.8, 4) is 11.4 Å². The highest BCUT2D eigenvalue weighted by molar-refractivity contribution is 9.10. The number of hydrogen-bond acceptors (Lipinski definition) is 10. The van der Waals surface area contributed by atoms with Crippen LogP contribution in [0.1, 0.15) is 61.1 Å². The van der Waals surface area contributed by atoms with Gasteiger partial charge in [0, 0.05) is 120 Å². The minimum absolute atomic E-state index is 0.125. The van der Waals surface area contributed by atoms with E-state index in [4.69, 9.17) is 16.6 Å². The van der Waals surface area contributed by atoms with Crippen molar-refractivity contribution in [1.82, 2.24) is 39.9 Å². The van der Waals surface area contributed by atoms with Crippen molar-refractivity contribution in [2.45, 2.75) is 57.5 Å². The molecule has 15 heteroatoms. The molecule has 7 heterocycles. The summed E-state index contributed by atoms with van der Waals surface area (Å²) >= 11 is 9.90. The average Bonchev–Trinajstić information content (AvgIpc) is 3.78. The van der Waals surface area contributed by atoms with Crippen LogP contribution in [0.2, 0.25) is 5.02 Å². The normalized spacial score (nSPS) is 21.2. The Kier molecular flexibility index (Phi) is 13.7. The summed E-state index contributed by atoms with van der Waals surface area (Å²) in [5, 5.41) is 3.27. The third kappa shape index (κ3) is 10.3. The van der Waals surface area contributed by atoms with Gasteiger partial charge in [-0.3, -0.25) is 29.5 Å². The average molecular weight is 976 g/mol. The summed E-state index contributed by atoms with van der Waals surface area (Å²) in [4.78, 5) is 65.6. The zero-order chi connectivity index (χ0) is 45.1. The molecule has 5 aliphatic rings. The number of pyridine rings is 1. The van der Waals surface area contributed by atoms with Crippen LogP contribution in [0.3, 0.4) is 0 Å². The van der Waals surface area contributed by atoms with E-state index < -0.39 is 0 Å². The van der Waals surface area contributed by atoms with Crippen LogP contribution >= 0.6 is 27.5 Å². The summed E-state index contributed by atoms with van der Waals surface area (Å²) in [5.74, 6) is 1.33. The van der Waals surface area contributed by atoms with Crippen molar-refractivity contribution in [1.29, 1.82) is 0 Å². The molecule has 0 unspecified atom stereocenters. The van der Waals surface area contributed by atoms with Crippen molar-refractivity contribution in [3.05, 3.63) is 105 Å². The first kappa shape index (κ1) is 44.9. The van der Waals surface area contributed by atoms with Gasteiger partial charge in [-0.2, -0.15) is 0 Å². The predicted octanol–water partition coefficient (Wildman–Crippen LogP) is 7.16. The quantitative estimate of drug-likeness (QED) is 0.132. The largest absolute Gasteiger partial charge is 0.372 e. The van der Waals surface area contributed by atoms with Crippen LogP contribution in [0.5, 0.6) is 0 Å². The van der Waals surface area contributed by atoms with Gasteiger partial charge in [0.25, 0.3) is 0 Å². The van der Waals surface area contributed by atoms with Crippen molar-refractivity contribution in [3.63, 3.8) is 0 Å². The summed E-state index contributed by atoms with van der Waals surface area (Å²) in [6, 6.07) is 25.2. The van der Waals surface area contributed by atoms with Crippen LogP contribution in [0.4, 0.5) is 11.4 Å². The number of carbonyl (C=O) groups is 3. The summed E-state index contributed by atoms with van der Waals surface area (Å²) in [5.41, 5.74) is 8.51. The maximum Gasteiger partial charge on any atom is 0.234 e. The number of carbonyl (C=O) groups excluding carboxylic acids is 3. The lowest BCUT2D eigenvalue weighted by molar-refractivity contribution is -0.139. The summed E-state index contributed by atoms with van der Waals surface area (Å²) in [7, 11) is 0. The monoisotopic (exact) mass is 974 g/mol. The highest BCUT2D eigenvalue weighted by atomic mass is 79.9. The molecule has 0 aliphatic carbocycles. The van der Waals surface area contributed by atoms with E-state index in [2.05, 4.69) is 109 Å². The van der Waals surface area contributed by atoms with Crippen molar-refractivity contribution >= 4 is 67.8 Å². The van der Waals surface area contributed by atoms with E-state index in [1.165, 1.54) is 16.8 Å². The molecule has 66 heavy (non-hydrogen) atoms. The van der Waals surface area contributed by atoms with E-state index >= 15 is 0 Å². The van der Waals surface area contributed by atoms with Gasteiger partial charge in [0.05, 0.1) is 16.1 Å². The number of H-pyrrole nitrogens is 1. The lowest BCUT2D eigenvalue weighted by atomic mass is 9.89. The molecule has 3 amide bonds. The van der Waals surface area contributed by atoms with Crippen molar-refractivity contribution in [2.24, 2.45) is 11.8 Å². The second-order valence-electron chi connectivity index (χ2n) is 19.0. The fraction of sp³-hybridized carbons (Fsp3) is 0.471. The van der Waals surface area contributed by atoms with Crippen LogP contribution in [-0.4, -0.2) is 137 Å². The summed E-state index contributed by atoms with van der Waals surface area (Å²) < 4.78 is 0.966. The van der Waals surface area contributed by atoms with E-state index in [0.717, 1.165) is 167 Å². The first-order valence-corrected chi connectivity index (χ1v) is 25.1. The van der Waals surface area contributed by atoms with Gasteiger partial charge in [-0.1, -0.05) is 60.1 Å². The number of benzene rings is 3. The predicted molar refractivity (Wildman–Crippen MR) is 263 cm³/mol. The SMILES string of the molecule is O=C1CC[C@@H](c2cccc(N3CCC(CN4CCC(C(=O)N5CCN(Cc6ccc(-c7nc8ncc(Br)c(N9CCN(Cc%10ccc(Cl)cc%10)CC9)c8[nH]7)cc6)CC5)CC4)CC3)c2)C(=O)N1. The van der Waals surface area contributed by atoms with Gasteiger partial charge >= 0.3 is 0 Å². The fourth-order valence-electron chi connectivity index (χ4n) is 10.8. The number of nitrogens with one attached hydrogen (secondary N) is 2. The number of likely N-dealkylation sites (tertiary alicyclic amines) is 1. The van der Waals surface area contributed by atoms with E-state index in [9.17, 15) is 14.4 Å². The molecule has 5 saturated heterocycles. The molecule has 0 saturated carbocycles. The molecule has 5 aromatic rings. The zero-order valence-corrected chi connectivity index (χ0v) is 40.0. The Hall–Kier alpha value is -4.86. The number of rotatable bonds is 11. The molecule has 0 spiro atoms. The molecule has 0 bridgehead atoms. The molecule has 2 aromatic heterocycles. The molecule has 346 valence electrons. The molecule has 1 atom stereocenters. The van der Waals surface area contributed by atoms with Gasteiger partial charge in [-0.05, 0) is 108 Å². The number of anilines is 2. The Bertz CT molecular complexity index is 2510. The second-order valence-corrected chi connectivity index (χ2v) is 20.3. The first-order chi connectivity index (χ1) is 32.2. The van der Waals surface area contributed by atoms with Crippen LogP contribution in [0, 0.1) is 11.8 Å². The molecule has 3 aromatic carbocycles. The molecule has 13 nitrogen and oxygen atoms in total. The number of piperidine rings is 3. The topological polar surface area (TPSA) is 124 Å². The number of hydrogen-bond donors (Lipinski definition) is 2. The molecule has 0 radical (unpaired) electrons. The number of nitrogens with zero attached hydrogens (tertiary/aromatic N) is 8. The number of imide groups is 1. The molecule has 2 N–H and O–H groups in total. The lowest BCUT2D eigenvalue weighted by Gasteiger charge is -2.40. The van der Waals surface area contributed by atoms with Gasteiger partial charge in [0.15, 0.2) is 5.65 Å². The van der Waals surface area contributed by atoms with Gasteiger partial charge in [0.1, 0.15) is 11.3 Å². The minimum atomic E-state index is -0.255. The number of aromatic amines is 1. The molecule has 5 fully saturated rings. The number of amides is 3. The van der Waals surface area contributed by atoms with Crippen LogP contribution in [-0.2, 0) is 27.5 Å². The van der Waals surface area contributed by atoms with Crippen LogP contribution < -0.4 is 15.1 Å². The number of aromatic nitrogens is 3. The maximum atomic E-state index is 13.7. The number of imidazole rings is 1. The highest BCUT2D eigenvalue weighted by Gasteiger charge is 2.33. The second kappa shape index (κ2) is 20.2. The molecular formula is C51H60BrClN10O3. The van der Waals surface area contributed by atoms with Gasteiger partial charge in [0.2, 0.25) is 17.7 Å². The number of piperazine rings is 2. The van der Waals surface area contributed by atoms with Gasteiger partial charge in [-0.15, -0.1) is 0 Å². The van der Waals surface area contributed by atoms with Crippen molar-refractivity contribution in [2.75, 3.05) is 94.9 Å². The smallest absolute Gasteiger partial charge is 0.234 e. The van der Waals surface area contributed by atoms with E-state index in [1.54, 1.807) is 0 Å². The van der Waals surface area contributed by atoms with Gasteiger partial charge < -0.3 is 24.6 Å². The Balaban J connectivity index is 0.651. The van der Waals surface area contributed by atoms with Crippen LogP contribution in [0.15, 0.2) is 83.5 Å². The third-order valence-corrected chi connectivity index (χ3v) is 15.6. The Labute approximate surface area is 401 Å². The Morgan fingerprint density at radius 2 is 1.39 bits per heavy atom. The van der Waals surface area contributed by atoms with Crippen molar-refractivity contribution < 1.29 is 14.4 Å². The molecule has 10 rings (SSSR count). The first-order valence-electron chi connectivity index (χ1n) is 24.0. The van der Waals surface area contributed by atoms with E-state index in [0.29, 0.717) is 24.7 Å². The van der Waals surface area contributed by atoms with E-state index in [-0.39, 0.29) is 23.7 Å². The zero-order valence-electron chi connectivity index (χ0n) is 37.6. The Morgan fingerprint density at radius 3 is 2.08 bits per heavy atom. The van der Waals surface area contributed by atoms with E-state index in [1.807, 2.05) is 30.5 Å². The van der Waals surface area contributed by atoms with Crippen LogP contribution in [0.25, 0.3) is 22.6 Å². The highest BCUT2D eigenvalue weighted by Crippen LogP contribution is 2.35. The maximum absolute atomic E-state index is 13.7. The molecule has 5 aliphatic heterocycles. The lowest BCUT2D eigenvalue weighted by Crippen LogP contribution is -2.51. The fourth-order valence-corrected chi connectivity index (χ4v) is 11.5. The molecular weight excluding hydrogens is 916 g/mol. The number of fused-ring (bicyclic) bond motifs is 1. The minimum Gasteiger partial charge on any atom is -0.372 e. The summed E-state index contributed by atoms with van der Waals surface area (Å²) in [6.45, 7) is 14.0. The Morgan fingerprint density at radius 1 is 0.727 bits per heavy atom. The standard InChI is InChI=1S/C51H60BrClN10O3/c52-44-31-54-49-46(47(44)62-26-22-59(23-27-62)33-36-6-10-41(53)11-7-36)56-48(57-49)38-8-4-35(5-9-38)32-60-24-28-63(29-25-60)51(66)39-16-18-58(19-17-39)34-37-14-20-61(21-15-37)42-3-1-2-40(30-42)43-12-13-45(64)55-50(43)65/h1-11,30-31,37,39,43H,12-29,32-34H2,(H,54,56,57)(H,55,64,65)/t43-/m0/s1. The van der Waals surface area contributed by atoms with Gasteiger partial charge in [-0.25, -0.2) is 9.97 Å². The third-order valence-electron chi connectivity index (χ3n) is 14.7. The number of halogens is 2.